The third-order valence-corrected chi connectivity index (χ3v) is 2.56. The number of ether oxygens (including phenoxy) is 1. The fourth-order valence-electron chi connectivity index (χ4n) is 1.80. The maximum Gasteiger partial charge on any atom is 0.267 e. The first-order valence-corrected chi connectivity index (χ1v) is 4.77. The van der Waals surface area contributed by atoms with Gasteiger partial charge in [0.05, 0.1) is 6.04 Å². The van der Waals surface area contributed by atoms with Crippen molar-refractivity contribution >= 4 is 5.91 Å². The zero-order valence-corrected chi connectivity index (χ0v) is 8.19. The molecule has 0 bridgehead atoms. The molecule has 1 aromatic heterocycles. The smallest absolute Gasteiger partial charge is 0.267 e. The van der Waals surface area contributed by atoms with E-state index in [1.807, 2.05) is 22.9 Å². The molecule has 1 amide bonds. The van der Waals surface area contributed by atoms with E-state index < -0.39 is 0 Å². The number of nitrogens with zero attached hydrogens (tertiary/aromatic N) is 1. The number of carbonyl (C=O) groups excluding carboxylic acids is 1. The maximum atomic E-state index is 11.4. The number of hydrogen-bond acceptors (Lipinski definition) is 2. The highest BCUT2D eigenvalue weighted by Gasteiger charge is 2.23. The fourth-order valence-corrected chi connectivity index (χ4v) is 1.80. The summed E-state index contributed by atoms with van der Waals surface area (Å²) in [5.41, 5.74) is 0.748. The Morgan fingerprint density at radius 3 is 3.36 bits per heavy atom. The van der Waals surface area contributed by atoms with Crippen LogP contribution in [0.15, 0.2) is 18.3 Å². The van der Waals surface area contributed by atoms with E-state index in [2.05, 4.69) is 5.32 Å². The van der Waals surface area contributed by atoms with Gasteiger partial charge in [-0.2, -0.15) is 0 Å². The first kappa shape index (κ1) is 9.27. The van der Waals surface area contributed by atoms with Crippen LogP contribution >= 0.6 is 0 Å². The first-order valence-electron chi connectivity index (χ1n) is 4.77. The van der Waals surface area contributed by atoms with Crippen molar-refractivity contribution in [2.75, 3.05) is 20.3 Å². The van der Waals surface area contributed by atoms with E-state index >= 15 is 0 Å². The Labute approximate surface area is 82.9 Å². The summed E-state index contributed by atoms with van der Waals surface area (Å²) < 4.78 is 7.06. The lowest BCUT2D eigenvalue weighted by Gasteiger charge is -2.26. The molecule has 14 heavy (non-hydrogen) atoms. The molecule has 1 unspecified atom stereocenters. The number of methoxy groups -OCH3 is 1. The molecule has 0 spiro atoms. The van der Waals surface area contributed by atoms with E-state index in [0.717, 1.165) is 18.7 Å². The molecular formula is C10H14N2O2. The van der Waals surface area contributed by atoms with Gasteiger partial charge < -0.3 is 14.6 Å². The minimum absolute atomic E-state index is 0.0173. The molecule has 0 fully saturated rings. The zero-order chi connectivity index (χ0) is 9.97. The number of hydrogen-bond donors (Lipinski definition) is 1. The summed E-state index contributed by atoms with van der Waals surface area (Å²) in [7, 11) is 1.69. The highest BCUT2D eigenvalue weighted by molar-refractivity contribution is 5.93. The number of rotatable bonds is 3. The largest absolute Gasteiger partial charge is 0.385 e. The summed E-state index contributed by atoms with van der Waals surface area (Å²) in [4.78, 5) is 11.4. The van der Waals surface area contributed by atoms with E-state index in [9.17, 15) is 4.79 Å². The summed E-state index contributed by atoms with van der Waals surface area (Å²) in [6, 6.07) is 4.08. The van der Waals surface area contributed by atoms with Gasteiger partial charge in [-0.25, -0.2) is 0 Å². The van der Waals surface area contributed by atoms with Crippen molar-refractivity contribution in [2.45, 2.75) is 12.5 Å². The van der Waals surface area contributed by atoms with E-state index in [1.54, 1.807) is 7.11 Å². The Morgan fingerprint density at radius 2 is 2.57 bits per heavy atom. The number of fused-ring (bicyclic) bond motifs is 1. The minimum atomic E-state index is 0.0173. The van der Waals surface area contributed by atoms with E-state index in [0.29, 0.717) is 12.6 Å². The standard InChI is InChI=1S/C10H14N2O2/c1-14-6-4-8-7-11-10(13)9-3-2-5-12(8)9/h2-3,5,8H,4,6-7H2,1H3,(H,11,13). The van der Waals surface area contributed by atoms with Crippen molar-refractivity contribution in [3.05, 3.63) is 24.0 Å². The van der Waals surface area contributed by atoms with Crippen LogP contribution in [0.4, 0.5) is 0 Å². The van der Waals surface area contributed by atoms with Gasteiger partial charge in [-0.3, -0.25) is 4.79 Å². The van der Waals surface area contributed by atoms with Gasteiger partial charge in [-0.05, 0) is 18.6 Å². The highest BCUT2D eigenvalue weighted by atomic mass is 16.5. The fraction of sp³-hybridized carbons (Fsp3) is 0.500. The summed E-state index contributed by atoms with van der Waals surface area (Å²) >= 11 is 0. The van der Waals surface area contributed by atoms with E-state index in [4.69, 9.17) is 4.74 Å². The van der Waals surface area contributed by atoms with Crippen LogP contribution in [0.3, 0.4) is 0 Å². The quantitative estimate of drug-likeness (QED) is 0.773. The molecule has 76 valence electrons. The van der Waals surface area contributed by atoms with Gasteiger partial charge in [0.25, 0.3) is 5.91 Å². The van der Waals surface area contributed by atoms with Gasteiger partial charge in [-0.15, -0.1) is 0 Å². The predicted molar refractivity (Wildman–Crippen MR) is 52.3 cm³/mol. The summed E-state index contributed by atoms with van der Waals surface area (Å²) in [6.45, 7) is 1.42. The van der Waals surface area contributed by atoms with Crippen LogP contribution in [-0.4, -0.2) is 30.7 Å². The van der Waals surface area contributed by atoms with Crippen molar-refractivity contribution in [2.24, 2.45) is 0 Å². The van der Waals surface area contributed by atoms with Gasteiger partial charge in [0, 0.05) is 26.5 Å². The van der Waals surface area contributed by atoms with Crippen molar-refractivity contribution < 1.29 is 9.53 Å². The number of amides is 1. The lowest BCUT2D eigenvalue weighted by Crippen LogP contribution is -2.38. The molecule has 2 rings (SSSR count). The lowest BCUT2D eigenvalue weighted by molar-refractivity contribution is 0.0902. The summed E-state index contributed by atoms with van der Waals surface area (Å²) in [5, 5.41) is 2.87. The van der Waals surface area contributed by atoms with Crippen molar-refractivity contribution in [1.82, 2.24) is 9.88 Å². The molecule has 0 saturated carbocycles. The van der Waals surface area contributed by atoms with Crippen molar-refractivity contribution in [3.8, 4) is 0 Å². The minimum Gasteiger partial charge on any atom is -0.385 e. The second-order valence-corrected chi connectivity index (χ2v) is 3.45. The first-order chi connectivity index (χ1) is 6.83. The normalized spacial score (nSPS) is 20.4. The average molecular weight is 194 g/mol. The molecule has 0 aliphatic carbocycles. The second-order valence-electron chi connectivity index (χ2n) is 3.45. The Kier molecular flexibility index (Phi) is 2.54. The molecule has 0 radical (unpaired) electrons. The van der Waals surface area contributed by atoms with E-state index in [-0.39, 0.29) is 5.91 Å². The summed E-state index contributed by atoms with van der Waals surface area (Å²) in [6.07, 6.45) is 2.88. The van der Waals surface area contributed by atoms with Crippen molar-refractivity contribution in [1.29, 1.82) is 0 Å². The van der Waals surface area contributed by atoms with Gasteiger partial charge >= 0.3 is 0 Å². The molecule has 4 heteroatoms. The van der Waals surface area contributed by atoms with Gasteiger partial charge in [0.15, 0.2) is 0 Å². The SMILES string of the molecule is COCCC1CNC(=O)c2cccn21. The van der Waals surface area contributed by atoms with Gasteiger partial charge in [0.2, 0.25) is 0 Å². The highest BCUT2D eigenvalue weighted by Crippen LogP contribution is 2.18. The molecule has 0 aromatic carbocycles. The topological polar surface area (TPSA) is 43.3 Å². The van der Waals surface area contributed by atoms with Gasteiger partial charge in [-0.1, -0.05) is 0 Å². The predicted octanol–water partition coefficient (Wildman–Crippen LogP) is 0.809. The molecule has 0 saturated heterocycles. The van der Waals surface area contributed by atoms with Crippen LogP contribution in [0.5, 0.6) is 0 Å². The molecule has 1 aliphatic heterocycles. The Balaban J connectivity index is 2.16. The van der Waals surface area contributed by atoms with Crippen LogP contribution in [0.25, 0.3) is 0 Å². The van der Waals surface area contributed by atoms with Crippen molar-refractivity contribution in [3.63, 3.8) is 0 Å². The maximum absolute atomic E-state index is 11.4. The van der Waals surface area contributed by atoms with Crippen LogP contribution < -0.4 is 5.32 Å². The Morgan fingerprint density at radius 1 is 1.71 bits per heavy atom. The molecule has 1 N–H and O–H groups in total. The third kappa shape index (κ3) is 1.53. The number of nitrogens with one attached hydrogen (secondary N) is 1. The molecular weight excluding hydrogens is 180 g/mol. The zero-order valence-electron chi connectivity index (χ0n) is 8.19. The Hall–Kier alpha value is -1.29. The van der Waals surface area contributed by atoms with Crippen LogP contribution in [0.2, 0.25) is 0 Å². The molecule has 1 atom stereocenters. The summed E-state index contributed by atoms with van der Waals surface area (Å²) in [5.74, 6) is 0.0173. The third-order valence-electron chi connectivity index (χ3n) is 2.56. The Bertz CT molecular complexity index is 333. The van der Waals surface area contributed by atoms with Crippen LogP contribution in [0.1, 0.15) is 23.0 Å². The number of aromatic nitrogens is 1. The van der Waals surface area contributed by atoms with Crippen LogP contribution in [0, 0.1) is 0 Å². The van der Waals surface area contributed by atoms with E-state index in [1.165, 1.54) is 0 Å². The van der Waals surface area contributed by atoms with Crippen LogP contribution in [-0.2, 0) is 4.74 Å². The van der Waals surface area contributed by atoms with Gasteiger partial charge in [0.1, 0.15) is 5.69 Å². The molecule has 2 heterocycles. The monoisotopic (exact) mass is 194 g/mol. The molecule has 1 aliphatic rings. The molecule has 1 aromatic rings. The second kappa shape index (κ2) is 3.84. The average Bonchev–Trinajstić information content (AvgIpc) is 2.66. The molecule has 4 nitrogen and oxygen atoms in total. The number of carbonyl (C=O) groups is 1. The lowest BCUT2D eigenvalue weighted by atomic mass is 10.1.